The molecule has 1 aromatic rings. The van der Waals surface area contributed by atoms with Crippen LogP contribution in [-0.4, -0.2) is 27.7 Å². The molecule has 1 aliphatic rings. The Hall–Kier alpha value is -1.11. The van der Waals surface area contributed by atoms with Crippen LogP contribution in [0.5, 0.6) is 0 Å². The van der Waals surface area contributed by atoms with Gasteiger partial charge in [-0.3, -0.25) is 0 Å². The van der Waals surface area contributed by atoms with Gasteiger partial charge in [-0.15, -0.1) is 0 Å². The molecule has 1 fully saturated rings. The topological polar surface area (TPSA) is 81.4 Å². The van der Waals surface area contributed by atoms with Crippen LogP contribution in [0.2, 0.25) is 0 Å². The monoisotopic (exact) mass is 312 g/mol. The fourth-order valence-electron chi connectivity index (χ4n) is 2.75. The molecule has 0 aromatic heterocycles. The second-order valence-corrected chi connectivity index (χ2v) is 7.23. The van der Waals surface area contributed by atoms with Crippen LogP contribution in [0.3, 0.4) is 0 Å². The lowest BCUT2D eigenvalue weighted by Crippen LogP contribution is -2.30. The van der Waals surface area contributed by atoms with Crippen LogP contribution in [-0.2, 0) is 14.8 Å². The molecule has 0 atom stereocenters. The molecule has 0 unspecified atom stereocenters. The van der Waals surface area contributed by atoms with Crippen molar-refractivity contribution in [2.24, 2.45) is 0 Å². The molecule has 0 saturated heterocycles. The smallest absolute Gasteiger partial charge is 0.242 e. The Bertz CT molecular complexity index is 546. The van der Waals surface area contributed by atoms with Crippen molar-refractivity contribution in [3.63, 3.8) is 0 Å². The molecule has 1 aromatic carbocycles. The Morgan fingerprint density at radius 3 is 2.67 bits per heavy atom. The van der Waals surface area contributed by atoms with E-state index in [0.29, 0.717) is 12.2 Å². The number of benzene rings is 1. The van der Waals surface area contributed by atoms with Gasteiger partial charge in [0.25, 0.3) is 0 Å². The lowest BCUT2D eigenvalue weighted by atomic mass is 9.98. The van der Waals surface area contributed by atoms with Crippen LogP contribution >= 0.6 is 0 Å². The Morgan fingerprint density at radius 1 is 1.29 bits per heavy atom. The zero-order valence-electron chi connectivity index (χ0n) is 12.5. The molecule has 6 heteroatoms. The van der Waals surface area contributed by atoms with E-state index in [2.05, 4.69) is 4.72 Å². The van der Waals surface area contributed by atoms with Crippen molar-refractivity contribution in [2.45, 2.75) is 50.0 Å². The average molecular weight is 312 g/mol. The summed E-state index contributed by atoms with van der Waals surface area (Å²) in [6.07, 6.45) is 6.13. The molecule has 3 N–H and O–H groups in total. The van der Waals surface area contributed by atoms with E-state index in [1.807, 2.05) is 0 Å². The summed E-state index contributed by atoms with van der Waals surface area (Å²) >= 11 is 0. The summed E-state index contributed by atoms with van der Waals surface area (Å²) in [5, 5.41) is 0. The number of hydrogen-bond acceptors (Lipinski definition) is 4. The van der Waals surface area contributed by atoms with Crippen molar-refractivity contribution in [1.82, 2.24) is 4.72 Å². The van der Waals surface area contributed by atoms with Crippen molar-refractivity contribution in [1.29, 1.82) is 0 Å². The number of nitrogens with one attached hydrogen (secondary N) is 1. The van der Waals surface area contributed by atoms with Crippen LogP contribution in [0.4, 0.5) is 5.69 Å². The lowest BCUT2D eigenvalue weighted by molar-refractivity contribution is 0.0321. The van der Waals surface area contributed by atoms with Crippen LogP contribution in [0.1, 0.15) is 37.7 Å². The summed E-state index contributed by atoms with van der Waals surface area (Å²) in [6.45, 7) is 2.41. The lowest BCUT2D eigenvalue weighted by Gasteiger charge is -2.22. The van der Waals surface area contributed by atoms with E-state index in [-0.39, 0.29) is 23.2 Å². The highest BCUT2D eigenvalue weighted by molar-refractivity contribution is 7.89. The molecule has 1 saturated carbocycles. The number of nitrogen functional groups attached to an aromatic ring is 1. The largest absolute Gasteiger partial charge is 0.398 e. The summed E-state index contributed by atoms with van der Waals surface area (Å²) in [7, 11) is -3.58. The maximum Gasteiger partial charge on any atom is 0.242 e. The SMILES string of the molecule is Cc1cccc(N)c1S(=O)(=O)NCCOC1CCCCC1. The van der Waals surface area contributed by atoms with Crippen molar-refractivity contribution in [3.8, 4) is 0 Å². The highest BCUT2D eigenvalue weighted by Crippen LogP contribution is 2.22. The summed E-state index contributed by atoms with van der Waals surface area (Å²) in [6, 6.07) is 5.08. The first-order valence-electron chi connectivity index (χ1n) is 7.47. The van der Waals surface area contributed by atoms with Gasteiger partial charge in [0.2, 0.25) is 10.0 Å². The number of ether oxygens (including phenoxy) is 1. The molecule has 0 aliphatic heterocycles. The number of rotatable bonds is 6. The standard InChI is InChI=1S/C15H24N2O3S/c1-12-6-5-9-14(16)15(12)21(18,19)17-10-11-20-13-7-3-2-4-8-13/h5-6,9,13,17H,2-4,7-8,10-11,16H2,1H3. The van der Waals surface area contributed by atoms with Gasteiger partial charge in [0.1, 0.15) is 4.90 Å². The highest BCUT2D eigenvalue weighted by atomic mass is 32.2. The first kappa shape index (κ1) is 16.3. The van der Waals surface area contributed by atoms with E-state index in [1.54, 1.807) is 25.1 Å². The van der Waals surface area contributed by atoms with Crippen LogP contribution in [0.25, 0.3) is 0 Å². The normalized spacial score (nSPS) is 17.0. The van der Waals surface area contributed by atoms with Crippen molar-refractivity contribution < 1.29 is 13.2 Å². The second kappa shape index (κ2) is 7.24. The minimum Gasteiger partial charge on any atom is -0.398 e. The molecule has 118 valence electrons. The molecule has 21 heavy (non-hydrogen) atoms. The third-order valence-corrected chi connectivity index (χ3v) is 5.49. The second-order valence-electron chi connectivity index (χ2n) is 5.52. The van der Waals surface area contributed by atoms with Gasteiger partial charge in [0.05, 0.1) is 18.4 Å². The number of nitrogens with two attached hydrogens (primary N) is 1. The fraction of sp³-hybridized carbons (Fsp3) is 0.600. The molecule has 0 bridgehead atoms. The Labute approximate surface area is 126 Å². The van der Waals surface area contributed by atoms with Gasteiger partial charge >= 0.3 is 0 Å². The molecule has 0 radical (unpaired) electrons. The van der Waals surface area contributed by atoms with Gasteiger partial charge < -0.3 is 10.5 Å². The van der Waals surface area contributed by atoms with Gasteiger partial charge in [-0.25, -0.2) is 13.1 Å². The maximum atomic E-state index is 12.3. The third-order valence-electron chi connectivity index (χ3n) is 3.81. The first-order chi connectivity index (χ1) is 10.0. The predicted molar refractivity (Wildman–Crippen MR) is 83.6 cm³/mol. The van der Waals surface area contributed by atoms with Gasteiger partial charge in [-0.1, -0.05) is 31.4 Å². The molecule has 0 amide bonds. The van der Waals surface area contributed by atoms with Crippen LogP contribution in [0, 0.1) is 6.92 Å². The Kier molecular flexibility index (Phi) is 5.61. The van der Waals surface area contributed by atoms with Gasteiger partial charge in [0.15, 0.2) is 0 Å². The van der Waals surface area contributed by atoms with Crippen LogP contribution in [0.15, 0.2) is 23.1 Å². The minimum atomic E-state index is -3.58. The highest BCUT2D eigenvalue weighted by Gasteiger charge is 2.19. The zero-order valence-corrected chi connectivity index (χ0v) is 13.3. The molecular formula is C15H24N2O3S. The summed E-state index contributed by atoms with van der Waals surface area (Å²) < 4.78 is 32.8. The molecule has 5 nitrogen and oxygen atoms in total. The summed E-state index contributed by atoms with van der Waals surface area (Å²) in [4.78, 5) is 0.169. The van der Waals surface area contributed by atoms with E-state index in [4.69, 9.17) is 10.5 Å². The number of hydrogen-bond donors (Lipinski definition) is 2. The number of aryl methyl sites for hydroxylation is 1. The van der Waals surface area contributed by atoms with Crippen molar-refractivity contribution in [3.05, 3.63) is 23.8 Å². The van der Waals surface area contributed by atoms with E-state index in [1.165, 1.54) is 19.3 Å². The van der Waals surface area contributed by atoms with E-state index in [0.717, 1.165) is 12.8 Å². The van der Waals surface area contributed by atoms with E-state index >= 15 is 0 Å². The van der Waals surface area contributed by atoms with E-state index < -0.39 is 10.0 Å². The molecule has 0 heterocycles. The number of anilines is 1. The quantitative estimate of drug-likeness (QED) is 0.623. The fourth-order valence-corrected chi connectivity index (χ4v) is 4.11. The summed E-state index contributed by atoms with van der Waals surface area (Å²) in [5.74, 6) is 0. The van der Waals surface area contributed by atoms with E-state index in [9.17, 15) is 8.42 Å². The predicted octanol–water partition coefficient (Wildman–Crippen LogP) is 2.20. The first-order valence-corrected chi connectivity index (χ1v) is 8.95. The molecular weight excluding hydrogens is 288 g/mol. The van der Waals surface area contributed by atoms with Crippen LogP contribution < -0.4 is 10.5 Å². The zero-order chi connectivity index (χ0) is 15.3. The third kappa shape index (κ3) is 4.43. The van der Waals surface area contributed by atoms with Gasteiger partial charge in [-0.2, -0.15) is 0 Å². The Balaban J connectivity index is 1.86. The summed E-state index contributed by atoms with van der Waals surface area (Å²) in [5.41, 5.74) is 6.70. The minimum absolute atomic E-state index is 0.169. The van der Waals surface area contributed by atoms with Gasteiger partial charge in [0, 0.05) is 6.54 Å². The number of sulfonamides is 1. The average Bonchev–Trinajstić information content (AvgIpc) is 2.44. The van der Waals surface area contributed by atoms with Gasteiger partial charge in [-0.05, 0) is 31.4 Å². The Morgan fingerprint density at radius 2 is 2.00 bits per heavy atom. The molecule has 1 aliphatic carbocycles. The molecule has 0 spiro atoms. The molecule has 2 rings (SSSR count). The van der Waals surface area contributed by atoms with Crippen molar-refractivity contribution in [2.75, 3.05) is 18.9 Å². The maximum absolute atomic E-state index is 12.3. The van der Waals surface area contributed by atoms with Crippen molar-refractivity contribution >= 4 is 15.7 Å².